The van der Waals surface area contributed by atoms with E-state index in [-0.39, 0.29) is 16.6 Å². The van der Waals surface area contributed by atoms with Gasteiger partial charge in [-0.15, -0.1) is 0 Å². The third-order valence-electron chi connectivity index (χ3n) is 2.74. The molecule has 1 rings (SSSR count). The molecule has 0 aromatic heterocycles. The number of nitrogens with two attached hydrogens (primary N) is 1. The van der Waals surface area contributed by atoms with Crippen LogP contribution >= 0.6 is 12.2 Å². The van der Waals surface area contributed by atoms with Gasteiger partial charge in [0.05, 0.1) is 16.5 Å². The van der Waals surface area contributed by atoms with Gasteiger partial charge in [-0.05, 0) is 30.2 Å². The summed E-state index contributed by atoms with van der Waals surface area (Å²) in [6.45, 7) is 3.58. The predicted molar refractivity (Wildman–Crippen MR) is 75.2 cm³/mol. The molecule has 0 saturated heterocycles. The molecule has 0 spiro atoms. The van der Waals surface area contributed by atoms with E-state index in [1.54, 1.807) is 13.8 Å². The Morgan fingerprint density at radius 3 is 2.10 bits per heavy atom. The molecule has 0 aliphatic carbocycles. The number of carbonyl (C=O) groups is 1. The van der Waals surface area contributed by atoms with E-state index in [4.69, 9.17) is 18.0 Å². The molecular formula is C13H15F3N2OS. The number of rotatable bonds is 4. The molecule has 0 heterocycles. The van der Waals surface area contributed by atoms with Gasteiger partial charge in [-0.3, -0.25) is 4.79 Å². The van der Waals surface area contributed by atoms with Crippen molar-refractivity contribution in [1.82, 2.24) is 0 Å². The van der Waals surface area contributed by atoms with Crippen LogP contribution in [-0.4, -0.2) is 10.9 Å². The first-order valence-corrected chi connectivity index (χ1v) is 6.31. The molecule has 0 radical (unpaired) electrons. The Morgan fingerprint density at radius 1 is 1.25 bits per heavy atom. The molecule has 0 bridgehead atoms. The summed E-state index contributed by atoms with van der Waals surface area (Å²) < 4.78 is 37.2. The van der Waals surface area contributed by atoms with Crippen molar-refractivity contribution in [2.75, 3.05) is 5.32 Å². The van der Waals surface area contributed by atoms with E-state index in [0.717, 1.165) is 12.1 Å². The van der Waals surface area contributed by atoms with E-state index in [2.05, 4.69) is 5.32 Å². The van der Waals surface area contributed by atoms with Crippen LogP contribution in [0.1, 0.15) is 19.4 Å². The lowest BCUT2D eigenvalue weighted by Gasteiger charge is -2.19. The number of thiocarbonyl (C=S) groups is 1. The van der Waals surface area contributed by atoms with Crippen molar-refractivity contribution in [3.63, 3.8) is 0 Å². The van der Waals surface area contributed by atoms with Crippen molar-refractivity contribution in [2.24, 2.45) is 17.6 Å². The number of halogens is 3. The highest BCUT2D eigenvalue weighted by Crippen LogP contribution is 2.30. The summed E-state index contributed by atoms with van der Waals surface area (Å²) in [5.74, 6) is -1.18. The largest absolute Gasteiger partial charge is 0.416 e. The van der Waals surface area contributed by atoms with Gasteiger partial charge in [0, 0.05) is 5.69 Å². The number of nitrogens with one attached hydrogen (secondary N) is 1. The van der Waals surface area contributed by atoms with E-state index < -0.39 is 23.6 Å². The van der Waals surface area contributed by atoms with E-state index >= 15 is 0 Å². The molecule has 1 amide bonds. The van der Waals surface area contributed by atoms with Gasteiger partial charge >= 0.3 is 6.18 Å². The molecule has 3 N–H and O–H groups in total. The zero-order chi connectivity index (χ0) is 15.5. The summed E-state index contributed by atoms with van der Waals surface area (Å²) in [6.07, 6.45) is -4.40. The van der Waals surface area contributed by atoms with Gasteiger partial charge < -0.3 is 11.1 Å². The van der Waals surface area contributed by atoms with Crippen LogP contribution in [0.25, 0.3) is 0 Å². The number of hydrogen-bond acceptors (Lipinski definition) is 2. The van der Waals surface area contributed by atoms with E-state index in [1.807, 2.05) is 0 Å². The maximum Gasteiger partial charge on any atom is 0.416 e. The molecule has 1 atom stereocenters. The fraction of sp³-hybridized carbons (Fsp3) is 0.385. The summed E-state index contributed by atoms with van der Waals surface area (Å²) in [5, 5.41) is 2.51. The van der Waals surface area contributed by atoms with Crippen molar-refractivity contribution in [3.8, 4) is 0 Å². The van der Waals surface area contributed by atoms with Crippen LogP contribution in [-0.2, 0) is 11.0 Å². The summed E-state index contributed by atoms with van der Waals surface area (Å²) in [4.78, 5) is 12.0. The van der Waals surface area contributed by atoms with Crippen LogP contribution in [0, 0.1) is 11.8 Å². The van der Waals surface area contributed by atoms with Gasteiger partial charge in [-0.2, -0.15) is 13.2 Å². The van der Waals surface area contributed by atoms with Crippen LogP contribution in [0.3, 0.4) is 0 Å². The monoisotopic (exact) mass is 304 g/mol. The minimum Gasteiger partial charge on any atom is -0.393 e. The molecule has 0 fully saturated rings. The first-order chi connectivity index (χ1) is 9.12. The second-order valence-electron chi connectivity index (χ2n) is 4.69. The predicted octanol–water partition coefficient (Wildman–Crippen LogP) is 3.20. The molecule has 0 aliphatic heterocycles. The van der Waals surface area contributed by atoms with Gasteiger partial charge in [-0.25, -0.2) is 0 Å². The Labute approximate surface area is 120 Å². The van der Waals surface area contributed by atoms with Crippen LogP contribution < -0.4 is 11.1 Å². The maximum atomic E-state index is 12.4. The zero-order valence-electron chi connectivity index (χ0n) is 11.0. The van der Waals surface area contributed by atoms with Crippen molar-refractivity contribution < 1.29 is 18.0 Å². The molecule has 7 heteroatoms. The molecule has 110 valence electrons. The van der Waals surface area contributed by atoms with Gasteiger partial charge in [-0.1, -0.05) is 26.1 Å². The number of anilines is 1. The SMILES string of the molecule is CC(C)C(C(=O)Nc1ccc(C(F)(F)F)cc1)C(N)=S. The number of hydrogen-bond donors (Lipinski definition) is 2. The topological polar surface area (TPSA) is 55.1 Å². The molecule has 1 aromatic carbocycles. The fourth-order valence-electron chi connectivity index (χ4n) is 1.72. The van der Waals surface area contributed by atoms with E-state index in [0.29, 0.717) is 0 Å². The maximum absolute atomic E-state index is 12.4. The highest BCUT2D eigenvalue weighted by Gasteiger charge is 2.30. The minimum absolute atomic E-state index is 0.0596. The molecule has 0 aliphatic rings. The molecule has 0 saturated carbocycles. The zero-order valence-corrected chi connectivity index (χ0v) is 11.8. The van der Waals surface area contributed by atoms with Crippen molar-refractivity contribution in [1.29, 1.82) is 0 Å². The van der Waals surface area contributed by atoms with Crippen LogP contribution in [0.2, 0.25) is 0 Å². The first kappa shape index (κ1) is 16.4. The Morgan fingerprint density at radius 2 is 1.75 bits per heavy atom. The first-order valence-electron chi connectivity index (χ1n) is 5.90. The molecule has 1 unspecified atom stereocenters. The van der Waals surface area contributed by atoms with Crippen molar-refractivity contribution in [2.45, 2.75) is 20.0 Å². The van der Waals surface area contributed by atoms with Crippen LogP contribution in [0.15, 0.2) is 24.3 Å². The number of carbonyl (C=O) groups excluding carboxylic acids is 1. The Bertz CT molecular complexity index is 497. The van der Waals surface area contributed by atoms with Gasteiger partial charge in [0.15, 0.2) is 0 Å². The van der Waals surface area contributed by atoms with Gasteiger partial charge in [0.2, 0.25) is 5.91 Å². The summed E-state index contributed by atoms with van der Waals surface area (Å²) in [6, 6.07) is 4.19. The number of benzene rings is 1. The molecule has 20 heavy (non-hydrogen) atoms. The minimum atomic E-state index is -4.40. The van der Waals surface area contributed by atoms with Crippen LogP contribution in [0.4, 0.5) is 18.9 Å². The number of amides is 1. The molecule has 1 aromatic rings. The Balaban J connectivity index is 2.83. The average Bonchev–Trinajstić information content (AvgIpc) is 2.26. The summed E-state index contributed by atoms with van der Waals surface area (Å²) >= 11 is 4.82. The third kappa shape index (κ3) is 4.19. The number of alkyl halides is 3. The fourth-order valence-corrected chi connectivity index (χ4v) is 2.10. The highest BCUT2D eigenvalue weighted by atomic mass is 32.1. The Kier molecular flexibility index (Phi) is 5.10. The van der Waals surface area contributed by atoms with Crippen LogP contribution in [0.5, 0.6) is 0 Å². The second kappa shape index (κ2) is 6.21. The highest BCUT2D eigenvalue weighted by molar-refractivity contribution is 7.80. The van der Waals surface area contributed by atoms with Crippen molar-refractivity contribution in [3.05, 3.63) is 29.8 Å². The van der Waals surface area contributed by atoms with E-state index in [9.17, 15) is 18.0 Å². The van der Waals surface area contributed by atoms with Gasteiger partial charge in [0.25, 0.3) is 0 Å². The lowest BCUT2D eigenvalue weighted by atomic mass is 9.95. The summed E-state index contributed by atoms with van der Waals surface area (Å²) in [7, 11) is 0. The lowest BCUT2D eigenvalue weighted by molar-refractivity contribution is -0.137. The second-order valence-corrected chi connectivity index (χ2v) is 5.16. The molecule has 3 nitrogen and oxygen atoms in total. The lowest BCUT2D eigenvalue weighted by Crippen LogP contribution is -2.36. The standard InChI is InChI=1S/C13H15F3N2OS/c1-7(2)10(11(17)20)12(19)18-9-5-3-8(4-6-9)13(14,15)16/h3-7,10H,1-2H3,(H2,17,20)(H,18,19). The molecular weight excluding hydrogens is 289 g/mol. The smallest absolute Gasteiger partial charge is 0.393 e. The normalized spacial score (nSPS) is 13.1. The Hall–Kier alpha value is -1.63. The van der Waals surface area contributed by atoms with Crippen molar-refractivity contribution >= 4 is 28.8 Å². The third-order valence-corrected chi connectivity index (χ3v) is 2.99. The van der Waals surface area contributed by atoms with Gasteiger partial charge in [0.1, 0.15) is 0 Å². The average molecular weight is 304 g/mol. The van der Waals surface area contributed by atoms with E-state index in [1.165, 1.54) is 12.1 Å². The quantitative estimate of drug-likeness (QED) is 0.840. The summed E-state index contributed by atoms with van der Waals surface area (Å²) in [5.41, 5.74) is 4.99.